The van der Waals surface area contributed by atoms with Gasteiger partial charge in [0.15, 0.2) is 3.77 Å². The molecule has 1 heterocycles. The van der Waals surface area contributed by atoms with Crippen LogP contribution in [-0.2, 0) is 5.41 Å². The minimum atomic E-state index is 0.0943. The van der Waals surface area contributed by atoms with Gasteiger partial charge in [-0.2, -0.15) is 0 Å². The monoisotopic (exact) mass is 265 g/mol. The fourth-order valence-electron chi connectivity index (χ4n) is 1.02. The van der Waals surface area contributed by atoms with Crippen molar-refractivity contribution in [2.45, 2.75) is 33.1 Å². The molecule has 1 aromatic rings. The normalized spacial score (nSPS) is 12.1. The molecule has 0 aromatic carbocycles. The van der Waals surface area contributed by atoms with Crippen molar-refractivity contribution in [2.75, 3.05) is 0 Å². The maximum absolute atomic E-state index is 5.06. The van der Waals surface area contributed by atoms with E-state index in [9.17, 15) is 0 Å². The molecule has 0 bridgehead atoms. The smallest absolute Gasteiger partial charge is 0.199 e. The summed E-state index contributed by atoms with van der Waals surface area (Å²) in [4.78, 5) is 0. The van der Waals surface area contributed by atoms with E-state index in [0.29, 0.717) is 0 Å². The van der Waals surface area contributed by atoms with Gasteiger partial charge in [0.25, 0.3) is 0 Å². The van der Waals surface area contributed by atoms with Gasteiger partial charge < -0.3 is 4.52 Å². The first-order chi connectivity index (χ1) is 4.93. The molecule has 0 atom stereocenters. The molecule has 0 N–H and O–H groups in total. The van der Waals surface area contributed by atoms with Gasteiger partial charge in [-0.1, -0.05) is 25.9 Å². The Balaban J connectivity index is 3.15. The average Bonchev–Trinajstić information content (AvgIpc) is 2.11. The Morgan fingerprint density at radius 2 is 1.91 bits per heavy atom. The summed E-state index contributed by atoms with van der Waals surface area (Å²) in [5.41, 5.74) is 2.32. The van der Waals surface area contributed by atoms with Gasteiger partial charge in [0, 0.05) is 33.6 Å². The van der Waals surface area contributed by atoms with Crippen molar-refractivity contribution in [3.05, 3.63) is 15.0 Å². The lowest BCUT2D eigenvalue weighted by molar-refractivity contribution is 0.375. The molecule has 0 aliphatic carbocycles. The van der Waals surface area contributed by atoms with Crippen LogP contribution in [0.4, 0.5) is 0 Å². The maximum atomic E-state index is 5.06. The summed E-state index contributed by atoms with van der Waals surface area (Å²) in [5.74, 6) is 0. The molecular formula is C8H12INO. The minimum absolute atomic E-state index is 0.0943. The Morgan fingerprint density at radius 3 is 2.09 bits per heavy atom. The molecule has 11 heavy (non-hydrogen) atoms. The number of halogens is 1. The van der Waals surface area contributed by atoms with E-state index in [4.69, 9.17) is 4.52 Å². The number of hydrogen-bond acceptors (Lipinski definition) is 2. The first-order valence-electron chi connectivity index (χ1n) is 3.55. The molecular weight excluding hydrogens is 253 g/mol. The van der Waals surface area contributed by atoms with E-state index >= 15 is 0 Å². The second-order valence-electron chi connectivity index (χ2n) is 3.68. The predicted octanol–water partition coefficient (Wildman–Crippen LogP) is 2.89. The zero-order valence-electron chi connectivity index (χ0n) is 7.23. The van der Waals surface area contributed by atoms with Crippen molar-refractivity contribution in [2.24, 2.45) is 0 Å². The molecule has 1 rings (SSSR count). The summed E-state index contributed by atoms with van der Waals surface area (Å²) in [6.45, 7) is 8.44. The molecule has 1 aromatic heterocycles. The van der Waals surface area contributed by atoms with Crippen LogP contribution < -0.4 is 0 Å². The molecule has 0 spiro atoms. The molecule has 0 saturated carbocycles. The van der Waals surface area contributed by atoms with Gasteiger partial charge in [0.1, 0.15) is 0 Å². The van der Waals surface area contributed by atoms with Crippen molar-refractivity contribution in [3.8, 4) is 0 Å². The van der Waals surface area contributed by atoms with Gasteiger partial charge in [0.05, 0.1) is 5.69 Å². The van der Waals surface area contributed by atoms with Crippen molar-refractivity contribution >= 4 is 22.6 Å². The molecule has 62 valence electrons. The highest BCUT2D eigenvalue weighted by molar-refractivity contribution is 14.1. The highest BCUT2D eigenvalue weighted by atomic mass is 127. The first kappa shape index (κ1) is 9.03. The van der Waals surface area contributed by atoms with Crippen LogP contribution in [0.1, 0.15) is 32.0 Å². The summed E-state index contributed by atoms with van der Waals surface area (Å²) < 4.78 is 5.95. The van der Waals surface area contributed by atoms with Crippen LogP contribution >= 0.6 is 22.6 Å². The molecule has 2 nitrogen and oxygen atoms in total. The number of hydrogen-bond donors (Lipinski definition) is 0. The molecule has 0 amide bonds. The summed E-state index contributed by atoms with van der Waals surface area (Å²) in [6, 6.07) is 0. The Morgan fingerprint density at radius 1 is 1.36 bits per heavy atom. The zero-order valence-corrected chi connectivity index (χ0v) is 9.39. The molecule has 3 heteroatoms. The second kappa shape index (κ2) is 2.77. The summed E-state index contributed by atoms with van der Waals surface area (Å²) in [7, 11) is 0. The van der Waals surface area contributed by atoms with Crippen LogP contribution in [0.15, 0.2) is 4.52 Å². The van der Waals surface area contributed by atoms with Gasteiger partial charge in [-0.3, -0.25) is 0 Å². The van der Waals surface area contributed by atoms with E-state index < -0.39 is 0 Å². The van der Waals surface area contributed by atoms with Crippen LogP contribution in [0.5, 0.6) is 0 Å². The Labute approximate surface area is 80.5 Å². The van der Waals surface area contributed by atoms with Crippen LogP contribution in [0.25, 0.3) is 0 Å². The van der Waals surface area contributed by atoms with Gasteiger partial charge in [-0.15, -0.1) is 0 Å². The summed E-state index contributed by atoms with van der Waals surface area (Å²) in [6.07, 6.45) is 0. The fourth-order valence-corrected chi connectivity index (χ4v) is 1.37. The lowest BCUT2D eigenvalue weighted by atomic mass is 9.90. The van der Waals surface area contributed by atoms with Crippen molar-refractivity contribution < 1.29 is 4.52 Å². The van der Waals surface area contributed by atoms with E-state index in [0.717, 1.165) is 15.0 Å². The summed E-state index contributed by atoms with van der Waals surface area (Å²) in [5, 5.41) is 4.00. The number of nitrogens with zero attached hydrogens (tertiary/aromatic N) is 1. The third-order valence-electron chi connectivity index (χ3n) is 1.58. The van der Waals surface area contributed by atoms with Crippen LogP contribution in [-0.4, -0.2) is 5.16 Å². The van der Waals surface area contributed by atoms with Crippen LogP contribution in [0.3, 0.4) is 0 Å². The third-order valence-corrected chi connectivity index (χ3v) is 2.58. The Bertz CT molecular complexity index is 260. The van der Waals surface area contributed by atoms with E-state index in [1.54, 1.807) is 0 Å². The molecule has 0 aliphatic rings. The van der Waals surface area contributed by atoms with Gasteiger partial charge in [-0.25, -0.2) is 0 Å². The van der Waals surface area contributed by atoms with Crippen molar-refractivity contribution in [1.82, 2.24) is 5.16 Å². The molecule has 0 radical (unpaired) electrons. The molecule has 0 saturated heterocycles. The standard InChI is InChI=1S/C8H12INO/c1-5-6(8(2,3)4)10-11-7(5)9/h1-4H3. The second-order valence-corrected chi connectivity index (χ2v) is 4.66. The largest absolute Gasteiger partial charge is 0.350 e. The van der Waals surface area contributed by atoms with E-state index in [1.165, 1.54) is 0 Å². The minimum Gasteiger partial charge on any atom is -0.350 e. The SMILES string of the molecule is Cc1c(C(C)(C)C)noc1I. The number of rotatable bonds is 0. The Kier molecular flexibility index (Phi) is 2.27. The van der Waals surface area contributed by atoms with Crippen LogP contribution in [0.2, 0.25) is 0 Å². The highest BCUT2D eigenvalue weighted by Gasteiger charge is 2.22. The van der Waals surface area contributed by atoms with Gasteiger partial charge >= 0.3 is 0 Å². The van der Waals surface area contributed by atoms with E-state index in [1.807, 2.05) is 6.92 Å². The van der Waals surface area contributed by atoms with Crippen molar-refractivity contribution in [3.63, 3.8) is 0 Å². The predicted molar refractivity (Wildman–Crippen MR) is 52.7 cm³/mol. The van der Waals surface area contributed by atoms with Crippen LogP contribution in [0, 0.1) is 10.7 Å². The first-order valence-corrected chi connectivity index (χ1v) is 4.63. The molecule has 0 unspecified atom stereocenters. The zero-order chi connectivity index (χ0) is 8.65. The fraction of sp³-hybridized carbons (Fsp3) is 0.625. The third kappa shape index (κ3) is 1.75. The van der Waals surface area contributed by atoms with Gasteiger partial charge in [-0.05, 0) is 6.92 Å². The topological polar surface area (TPSA) is 26.0 Å². The lowest BCUT2D eigenvalue weighted by Crippen LogP contribution is -2.13. The number of aromatic nitrogens is 1. The maximum Gasteiger partial charge on any atom is 0.199 e. The molecule has 0 fully saturated rings. The lowest BCUT2D eigenvalue weighted by Gasteiger charge is -2.14. The van der Waals surface area contributed by atoms with Gasteiger partial charge in [0.2, 0.25) is 0 Å². The van der Waals surface area contributed by atoms with Crippen molar-refractivity contribution in [1.29, 1.82) is 0 Å². The van der Waals surface area contributed by atoms with E-state index in [2.05, 4.69) is 48.5 Å². The summed E-state index contributed by atoms with van der Waals surface area (Å²) >= 11 is 2.16. The highest BCUT2D eigenvalue weighted by Crippen LogP contribution is 2.26. The van der Waals surface area contributed by atoms with E-state index in [-0.39, 0.29) is 5.41 Å². The quantitative estimate of drug-likeness (QED) is 0.674. The molecule has 0 aliphatic heterocycles. The Hall–Kier alpha value is -0.0600. The average molecular weight is 265 g/mol.